The maximum absolute atomic E-state index is 12.8. The molecule has 0 aliphatic carbocycles. The van der Waals surface area contributed by atoms with Gasteiger partial charge in [0.2, 0.25) is 10.0 Å². The van der Waals surface area contributed by atoms with Gasteiger partial charge in [-0.05, 0) is 30.3 Å². The average Bonchev–Trinajstić information content (AvgIpc) is 2.77. The molecule has 0 heterocycles. The summed E-state index contributed by atoms with van der Waals surface area (Å²) in [6.07, 6.45) is 0. The number of sulfonamides is 1. The molecule has 0 bridgehead atoms. The number of ether oxygens (including phenoxy) is 1. The van der Waals surface area contributed by atoms with Crippen molar-refractivity contribution in [3.05, 3.63) is 59.1 Å². The van der Waals surface area contributed by atoms with Crippen LogP contribution in [0.3, 0.4) is 0 Å². The smallest absolute Gasteiger partial charge is 0.338 e. The largest absolute Gasteiger partial charge is 0.452 e. The van der Waals surface area contributed by atoms with E-state index in [9.17, 15) is 18.0 Å². The Hall–Kier alpha value is -2.93. The molecule has 164 valence electrons. The minimum absolute atomic E-state index is 0.0243. The number of esters is 1. The van der Waals surface area contributed by atoms with Crippen LogP contribution in [0.25, 0.3) is 0 Å². The van der Waals surface area contributed by atoms with Crippen molar-refractivity contribution in [3.63, 3.8) is 0 Å². The minimum atomic E-state index is -3.89. The summed E-state index contributed by atoms with van der Waals surface area (Å²) in [7, 11) is -3.89. The van der Waals surface area contributed by atoms with Crippen molar-refractivity contribution < 1.29 is 22.7 Å². The first kappa shape index (κ1) is 24.3. The van der Waals surface area contributed by atoms with Crippen molar-refractivity contribution in [2.45, 2.75) is 18.7 Å². The van der Waals surface area contributed by atoms with E-state index >= 15 is 0 Å². The molecule has 0 spiro atoms. The second kappa shape index (κ2) is 10.9. The normalized spacial score (nSPS) is 11.1. The number of nitriles is 1. The fraction of sp³-hybridized carbons (Fsp3) is 0.286. The number of halogens is 1. The number of para-hydroxylation sites is 1. The van der Waals surface area contributed by atoms with Crippen LogP contribution in [0.1, 0.15) is 24.2 Å². The molecule has 0 radical (unpaired) electrons. The zero-order chi connectivity index (χ0) is 23.0. The lowest BCUT2D eigenvalue weighted by atomic mass is 10.2. The average molecular weight is 464 g/mol. The third kappa shape index (κ3) is 5.82. The van der Waals surface area contributed by atoms with E-state index in [0.29, 0.717) is 5.69 Å². The van der Waals surface area contributed by atoms with Gasteiger partial charge in [0.15, 0.2) is 6.61 Å². The molecule has 0 N–H and O–H groups in total. The van der Waals surface area contributed by atoms with Gasteiger partial charge < -0.3 is 4.74 Å². The zero-order valence-corrected chi connectivity index (χ0v) is 18.7. The first-order valence-corrected chi connectivity index (χ1v) is 11.3. The van der Waals surface area contributed by atoms with Crippen molar-refractivity contribution in [2.75, 3.05) is 31.1 Å². The summed E-state index contributed by atoms with van der Waals surface area (Å²) in [5.74, 6) is -1.47. The van der Waals surface area contributed by atoms with E-state index in [1.165, 1.54) is 21.3 Å². The van der Waals surface area contributed by atoms with Crippen LogP contribution in [0.2, 0.25) is 5.02 Å². The van der Waals surface area contributed by atoms with E-state index < -0.39 is 28.5 Å². The summed E-state index contributed by atoms with van der Waals surface area (Å²) in [6.45, 7) is 3.04. The van der Waals surface area contributed by atoms with Gasteiger partial charge in [-0.25, -0.2) is 13.2 Å². The standard InChI is InChI=1S/C21H22ClN3O5S/c1-3-24(4-2)31(28,29)19-14-16(10-11-18(19)22)21(27)30-15-20(26)25(13-12-23)17-8-6-5-7-9-17/h5-11,14H,3-4,13,15H2,1-2H3. The number of hydrogen-bond donors (Lipinski definition) is 0. The minimum Gasteiger partial charge on any atom is -0.452 e. The number of amides is 1. The van der Waals surface area contributed by atoms with Crippen LogP contribution in [-0.4, -0.2) is 50.8 Å². The van der Waals surface area contributed by atoms with E-state index in [1.54, 1.807) is 44.2 Å². The van der Waals surface area contributed by atoms with Gasteiger partial charge in [0.25, 0.3) is 5.91 Å². The second-order valence-electron chi connectivity index (χ2n) is 6.28. The van der Waals surface area contributed by atoms with Crippen LogP contribution < -0.4 is 4.90 Å². The molecular weight excluding hydrogens is 442 g/mol. The Morgan fingerprint density at radius 3 is 2.32 bits per heavy atom. The van der Waals surface area contributed by atoms with Crippen LogP contribution >= 0.6 is 11.6 Å². The summed E-state index contributed by atoms with van der Waals surface area (Å²) in [4.78, 5) is 25.9. The molecular formula is C21H22ClN3O5S. The molecule has 2 aromatic carbocycles. The molecule has 0 saturated carbocycles. The number of carbonyl (C=O) groups excluding carboxylic acids is 2. The zero-order valence-electron chi connectivity index (χ0n) is 17.1. The Bertz CT molecular complexity index is 1080. The number of benzene rings is 2. The molecule has 0 aliphatic heterocycles. The lowest BCUT2D eigenvalue weighted by molar-refractivity contribution is -0.121. The number of carbonyl (C=O) groups is 2. The molecule has 0 unspecified atom stereocenters. The highest BCUT2D eigenvalue weighted by atomic mass is 35.5. The summed E-state index contributed by atoms with van der Waals surface area (Å²) >= 11 is 6.07. The van der Waals surface area contributed by atoms with Crippen molar-refractivity contribution >= 4 is 39.2 Å². The highest BCUT2D eigenvalue weighted by molar-refractivity contribution is 7.89. The Morgan fingerprint density at radius 1 is 1.10 bits per heavy atom. The molecule has 0 aromatic heterocycles. The second-order valence-corrected chi connectivity index (χ2v) is 8.60. The predicted octanol–water partition coefficient (Wildman–Crippen LogP) is 3.08. The van der Waals surface area contributed by atoms with Gasteiger partial charge in [-0.15, -0.1) is 0 Å². The number of rotatable bonds is 9. The van der Waals surface area contributed by atoms with Crippen molar-refractivity contribution in [3.8, 4) is 6.07 Å². The first-order chi connectivity index (χ1) is 14.8. The highest BCUT2D eigenvalue weighted by Crippen LogP contribution is 2.26. The van der Waals surface area contributed by atoms with E-state index in [1.807, 2.05) is 6.07 Å². The molecule has 10 heteroatoms. The third-order valence-electron chi connectivity index (χ3n) is 4.41. The van der Waals surface area contributed by atoms with Gasteiger partial charge in [0.05, 0.1) is 16.7 Å². The summed E-state index contributed by atoms with van der Waals surface area (Å²) < 4.78 is 31.8. The van der Waals surface area contributed by atoms with Gasteiger partial charge in [0.1, 0.15) is 11.4 Å². The Balaban J connectivity index is 2.19. The van der Waals surface area contributed by atoms with Crippen LogP contribution in [0.5, 0.6) is 0 Å². The van der Waals surface area contributed by atoms with E-state index in [2.05, 4.69) is 0 Å². The third-order valence-corrected chi connectivity index (χ3v) is 6.95. The van der Waals surface area contributed by atoms with Crippen LogP contribution in [0.15, 0.2) is 53.4 Å². The van der Waals surface area contributed by atoms with E-state index in [4.69, 9.17) is 21.6 Å². The predicted molar refractivity (Wildman–Crippen MR) is 116 cm³/mol. The molecule has 0 aliphatic rings. The van der Waals surface area contributed by atoms with E-state index in [-0.39, 0.29) is 35.1 Å². The van der Waals surface area contributed by atoms with Crippen LogP contribution in [-0.2, 0) is 19.6 Å². The fourth-order valence-electron chi connectivity index (χ4n) is 2.82. The van der Waals surface area contributed by atoms with E-state index in [0.717, 1.165) is 6.07 Å². The molecule has 2 aromatic rings. The number of nitrogens with zero attached hydrogens (tertiary/aromatic N) is 3. The molecule has 1 amide bonds. The summed E-state index contributed by atoms with van der Waals surface area (Å²) in [5.41, 5.74) is 0.429. The Morgan fingerprint density at radius 2 is 1.74 bits per heavy atom. The van der Waals surface area contributed by atoms with Gasteiger partial charge in [0, 0.05) is 18.8 Å². The molecule has 31 heavy (non-hydrogen) atoms. The highest BCUT2D eigenvalue weighted by Gasteiger charge is 2.26. The topological polar surface area (TPSA) is 108 Å². The maximum Gasteiger partial charge on any atom is 0.338 e. The quantitative estimate of drug-likeness (QED) is 0.417. The number of hydrogen-bond acceptors (Lipinski definition) is 6. The Kier molecular flexibility index (Phi) is 8.56. The van der Waals surface area contributed by atoms with Crippen molar-refractivity contribution in [1.82, 2.24) is 4.31 Å². The molecule has 0 saturated heterocycles. The van der Waals surface area contributed by atoms with Gasteiger partial charge in [-0.1, -0.05) is 43.6 Å². The molecule has 2 rings (SSSR count). The van der Waals surface area contributed by atoms with Crippen LogP contribution in [0.4, 0.5) is 5.69 Å². The number of anilines is 1. The van der Waals surface area contributed by atoms with Gasteiger partial charge in [-0.2, -0.15) is 9.57 Å². The summed E-state index contributed by atoms with van der Waals surface area (Å²) in [6, 6.07) is 14.1. The lowest BCUT2D eigenvalue weighted by Gasteiger charge is -2.20. The SMILES string of the molecule is CCN(CC)S(=O)(=O)c1cc(C(=O)OCC(=O)N(CC#N)c2ccccc2)ccc1Cl. The monoisotopic (exact) mass is 463 g/mol. The molecule has 0 fully saturated rings. The van der Waals surface area contributed by atoms with Crippen molar-refractivity contribution in [2.24, 2.45) is 0 Å². The molecule has 0 atom stereocenters. The first-order valence-electron chi connectivity index (χ1n) is 9.45. The molecule has 8 nitrogen and oxygen atoms in total. The lowest BCUT2D eigenvalue weighted by Crippen LogP contribution is -2.35. The van der Waals surface area contributed by atoms with Gasteiger partial charge >= 0.3 is 5.97 Å². The summed E-state index contributed by atoms with van der Waals surface area (Å²) in [5, 5.41) is 8.97. The fourth-order valence-corrected chi connectivity index (χ4v) is 4.78. The van der Waals surface area contributed by atoms with Crippen LogP contribution in [0, 0.1) is 11.3 Å². The van der Waals surface area contributed by atoms with Gasteiger partial charge in [-0.3, -0.25) is 9.69 Å². The Labute approximate surface area is 186 Å². The maximum atomic E-state index is 12.8. The van der Waals surface area contributed by atoms with Crippen molar-refractivity contribution in [1.29, 1.82) is 5.26 Å².